The van der Waals surface area contributed by atoms with Crippen molar-refractivity contribution in [2.75, 3.05) is 4.90 Å². The Hall–Kier alpha value is -8.92. The maximum absolute atomic E-state index is 5.68. The van der Waals surface area contributed by atoms with Gasteiger partial charge in [-0.25, -0.2) is 0 Å². The lowest BCUT2D eigenvalue weighted by molar-refractivity contribution is -0.546. The van der Waals surface area contributed by atoms with Gasteiger partial charge in [0.2, 0.25) is 5.69 Å². The summed E-state index contributed by atoms with van der Waals surface area (Å²) in [6.45, 7) is 4.75. The summed E-state index contributed by atoms with van der Waals surface area (Å²) >= 11 is 0. The predicted molar refractivity (Wildman–Crippen MR) is 295 cm³/mol. The van der Waals surface area contributed by atoms with E-state index in [0.717, 1.165) is 55.6 Å². The minimum atomic E-state index is -0.564. The zero-order valence-corrected chi connectivity index (χ0v) is 40.2. The van der Waals surface area contributed by atoms with Crippen LogP contribution < -0.4 is 14.6 Å². The highest BCUT2D eigenvalue weighted by Crippen LogP contribution is 2.59. The normalized spacial score (nSPS) is 15.2. The van der Waals surface area contributed by atoms with Crippen molar-refractivity contribution in [3.05, 3.63) is 311 Å². The molecule has 0 N–H and O–H groups in total. The van der Waals surface area contributed by atoms with E-state index in [1.165, 1.54) is 61.2 Å². The summed E-state index contributed by atoms with van der Waals surface area (Å²) < 4.78 is 2.24. The average Bonchev–Trinajstić information content (AvgIpc) is 4.07. The van der Waals surface area contributed by atoms with E-state index < -0.39 is 5.41 Å². The van der Waals surface area contributed by atoms with Crippen LogP contribution in [0.4, 0.5) is 17.1 Å². The van der Waals surface area contributed by atoms with Crippen LogP contribution in [0, 0.1) is 0 Å². The number of fused-ring (bicyclic) bond motifs is 9. The van der Waals surface area contributed by atoms with E-state index in [-0.39, 0.29) is 11.5 Å². The van der Waals surface area contributed by atoms with Gasteiger partial charge >= 0.3 is 0 Å². The highest BCUT2D eigenvalue weighted by atomic mass is 15.2. The Bertz CT molecular complexity index is 4010. The third-order valence-electron chi connectivity index (χ3n) is 15.8. The van der Waals surface area contributed by atoms with Gasteiger partial charge in [0.25, 0.3) is 5.35 Å². The maximum Gasteiger partial charge on any atom is 0.252 e. The first-order chi connectivity index (χ1) is 35.5. The summed E-state index contributed by atoms with van der Waals surface area (Å²) in [5, 5.41) is 9.09. The van der Waals surface area contributed by atoms with Gasteiger partial charge in [-0.15, -0.1) is 0 Å². The van der Waals surface area contributed by atoms with Gasteiger partial charge in [0.1, 0.15) is 0 Å². The number of hydrogen-bond donors (Lipinski definition) is 0. The quantitative estimate of drug-likeness (QED) is 0.139. The fraction of sp³-hybridized carbons (Fsp3) is 0.0725. The molecule has 0 spiro atoms. The second-order valence-corrected chi connectivity index (χ2v) is 20.0. The van der Waals surface area contributed by atoms with E-state index >= 15 is 0 Å². The Morgan fingerprint density at radius 2 is 0.972 bits per heavy atom. The van der Waals surface area contributed by atoms with E-state index in [9.17, 15) is 0 Å². The van der Waals surface area contributed by atoms with Crippen molar-refractivity contribution in [2.24, 2.45) is 5.11 Å². The number of benzene rings is 10. The number of anilines is 3. The molecule has 14 rings (SSSR count). The minimum Gasteiger partial charge on any atom is -0.310 e. The van der Waals surface area contributed by atoms with Crippen molar-refractivity contribution < 1.29 is 4.36 Å². The van der Waals surface area contributed by atoms with Crippen LogP contribution in [0.5, 0.6) is 0 Å². The fourth-order valence-electron chi connectivity index (χ4n) is 12.7. The van der Waals surface area contributed by atoms with E-state index in [2.05, 4.69) is 284 Å². The molecule has 0 saturated heterocycles. The van der Waals surface area contributed by atoms with Crippen LogP contribution in [-0.2, 0) is 10.8 Å². The van der Waals surface area contributed by atoms with E-state index in [0.29, 0.717) is 0 Å². The molecule has 0 radical (unpaired) electrons. The lowest BCUT2D eigenvalue weighted by Gasteiger charge is -2.35. The molecule has 3 heteroatoms. The fourth-order valence-corrected chi connectivity index (χ4v) is 12.7. The second-order valence-electron chi connectivity index (χ2n) is 20.0. The molecule has 0 bridgehead atoms. The largest absolute Gasteiger partial charge is 0.310 e. The van der Waals surface area contributed by atoms with Crippen LogP contribution in [0.15, 0.2) is 266 Å². The lowest BCUT2D eigenvalue weighted by atomic mass is 9.67. The van der Waals surface area contributed by atoms with E-state index in [1.807, 2.05) is 0 Å². The van der Waals surface area contributed by atoms with Gasteiger partial charge in [0.15, 0.2) is 6.04 Å². The van der Waals surface area contributed by atoms with Crippen LogP contribution in [0.1, 0.15) is 64.4 Å². The van der Waals surface area contributed by atoms with Crippen molar-refractivity contribution in [3.63, 3.8) is 0 Å². The summed E-state index contributed by atoms with van der Waals surface area (Å²) in [5.41, 5.74) is 21.1. The molecule has 340 valence electrons. The van der Waals surface area contributed by atoms with Crippen LogP contribution >= 0.6 is 0 Å². The monoisotopic (exact) mass is 920 g/mol. The maximum atomic E-state index is 5.68. The van der Waals surface area contributed by atoms with Crippen molar-refractivity contribution in [2.45, 2.75) is 30.7 Å². The summed E-state index contributed by atoms with van der Waals surface area (Å²) in [5.74, 6) is 0. The third-order valence-corrected chi connectivity index (χ3v) is 15.8. The molecule has 2 heterocycles. The molecule has 11 aromatic rings. The molecule has 3 aliphatic rings. The number of pyridine rings is 1. The number of aromatic nitrogens is 1. The zero-order chi connectivity index (χ0) is 48.0. The lowest BCUT2D eigenvalue weighted by Crippen LogP contribution is -2.38. The highest BCUT2D eigenvalue weighted by molar-refractivity contribution is 5.99. The van der Waals surface area contributed by atoms with Crippen molar-refractivity contribution in [3.8, 4) is 33.5 Å². The van der Waals surface area contributed by atoms with Crippen molar-refractivity contribution >= 4 is 33.4 Å². The van der Waals surface area contributed by atoms with Gasteiger partial charge in [0, 0.05) is 34.0 Å². The van der Waals surface area contributed by atoms with Gasteiger partial charge in [-0.1, -0.05) is 226 Å². The third kappa shape index (κ3) is 6.17. The molecular weight excluding hydrogens is 871 g/mol. The molecule has 2 aliphatic carbocycles. The molecule has 1 aliphatic heterocycles. The standard InChI is InChI=1S/C69H50N3/c1-68(2)58-35-20-19-34-56(58)65-60(68)37-22-38-62(65)71(53-41-42-55-54-33-18-21-36-59(54)69(61(55)45-53,50-29-14-6-15-30-50)51-31-16-7-17-32-51)52-40-39-49-43-63(46-23-8-3-9-24-46)72-67(57(49)44-52)64(47-25-10-4-11-26-47)66(70-72)48-27-12-5-13-28-48/h3-45,66H,1-2H3/q+1. The van der Waals surface area contributed by atoms with Crippen LogP contribution in [-0.4, -0.2) is 0 Å². The molecule has 72 heavy (non-hydrogen) atoms. The van der Waals surface area contributed by atoms with Crippen molar-refractivity contribution in [1.29, 1.82) is 0 Å². The summed E-state index contributed by atoms with van der Waals surface area (Å²) in [6, 6.07) is 96.1. The van der Waals surface area contributed by atoms with Gasteiger partial charge < -0.3 is 4.90 Å². The van der Waals surface area contributed by atoms with Gasteiger partial charge in [-0.2, -0.15) is 0 Å². The van der Waals surface area contributed by atoms with Gasteiger partial charge in [0.05, 0.1) is 22.1 Å². The molecule has 1 unspecified atom stereocenters. The number of nitrogens with zero attached hydrogens (tertiary/aromatic N) is 3. The first-order valence-electron chi connectivity index (χ1n) is 25.2. The Labute approximate surface area is 420 Å². The minimum absolute atomic E-state index is 0.189. The number of rotatable bonds is 8. The van der Waals surface area contributed by atoms with E-state index in [1.54, 1.807) is 0 Å². The summed E-state index contributed by atoms with van der Waals surface area (Å²) in [7, 11) is 0. The summed E-state index contributed by atoms with van der Waals surface area (Å²) in [4.78, 5) is 2.55. The Kier molecular flexibility index (Phi) is 9.53. The van der Waals surface area contributed by atoms with Crippen LogP contribution in [0.3, 0.4) is 0 Å². The molecular formula is C69H50N3+. The zero-order valence-electron chi connectivity index (χ0n) is 40.2. The molecule has 10 aromatic carbocycles. The predicted octanol–water partition coefficient (Wildman–Crippen LogP) is 15.9. The SMILES string of the molecule is CC1(C)c2ccccc2-c2c(N(c3ccc4c(c3)C(c3ccccc3)(c3ccccc3)c3ccccc3-4)c3ccc4cc(-c5ccccc5)[n+]5c(c4c3)=C(c3ccccc3)C(c3ccccc3)N=5)cccc21. The van der Waals surface area contributed by atoms with Gasteiger partial charge in [-0.05, 0) is 119 Å². The summed E-state index contributed by atoms with van der Waals surface area (Å²) in [6.07, 6.45) is 0. The molecule has 3 nitrogen and oxygen atoms in total. The van der Waals surface area contributed by atoms with Crippen LogP contribution in [0.2, 0.25) is 0 Å². The molecule has 1 aromatic heterocycles. The first kappa shape index (κ1) is 42.0. The van der Waals surface area contributed by atoms with E-state index in [4.69, 9.17) is 5.11 Å². The Morgan fingerprint density at radius 1 is 0.431 bits per heavy atom. The topological polar surface area (TPSA) is 21.5 Å². The first-order valence-corrected chi connectivity index (χ1v) is 25.2. The average molecular weight is 921 g/mol. The molecule has 0 saturated carbocycles. The smallest absolute Gasteiger partial charge is 0.252 e. The number of hydrogen-bond acceptors (Lipinski definition) is 2. The van der Waals surface area contributed by atoms with Crippen LogP contribution in [0.25, 0.3) is 49.9 Å². The molecule has 0 amide bonds. The van der Waals surface area contributed by atoms with Gasteiger partial charge in [-0.3, -0.25) is 0 Å². The Balaban J connectivity index is 1.10. The highest BCUT2D eigenvalue weighted by Gasteiger charge is 2.47. The van der Waals surface area contributed by atoms with Crippen molar-refractivity contribution in [1.82, 2.24) is 0 Å². The second kappa shape index (κ2) is 16.3. The molecule has 1 atom stereocenters. The molecule has 0 fully saturated rings. The Morgan fingerprint density at radius 3 is 1.67 bits per heavy atom.